The fourth-order valence-electron chi connectivity index (χ4n) is 3.81. The summed E-state index contributed by atoms with van der Waals surface area (Å²) >= 11 is 0. The predicted octanol–water partition coefficient (Wildman–Crippen LogP) is 2.34. The summed E-state index contributed by atoms with van der Waals surface area (Å²) in [4.78, 5) is 13.4. The monoisotopic (exact) mass is 500 g/mol. The van der Waals surface area contributed by atoms with Gasteiger partial charge in [-0.3, -0.25) is 4.79 Å². The number of para-hydroxylation sites is 1. The van der Waals surface area contributed by atoms with E-state index in [1.165, 1.54) is 17.3 Å². The average molecular weight is 501 g/mol. The number of nitrogens with zero attached hydrogens (tertiary/aromatic N) is 2. The number of carbonyl (C=O) groups excluding carboxylic acids is 1. The molecular formula is C26H32N2O6S. The summed E-state index contributed by atoms with van der Waals surface area (Å²) in [5, 5.41) is 9.75. The van der Waals surface area contributed by atoms with Gasteiger partial charge in [0, 0.05) is 38.0 Å². The van der Waals surface area contributed by atoms with E-state index in [-0.39, 0.29) is 42.2 Å². The van der Waals surface area contributed by atoms with Gasteiger partial charge in [-0.05, 0) is 37.3 Å². The number of fused-ring (bicyclic) bond motifs is 1. The van der Waals surface area contributed by atoms with Crippen molar-refractivity contribution in [1.29, 1.82) is 0 Å². The number of amides is 1. The lowest BCUT2D eigenvalue weighted by Crippen LogP contribution is -2.50. The first-order valence-corrected chi connectivity index (χ1v) is 12.8. The molecular weight excluding hydrogens is 468 g/mol. The van der Waals surface area contributed by atoms with E-state index in [0.29, 0.717) is 16.9 Å². The Labute approximate surface area is 207 Å². The molecule has 1 aliphatic rings. The molecule has 1 N–H and O–H groups in total. The van der Waals surface area contributed by atoms with Crippen LogP contribution in [0.4, 0.5) is 0 Å². The molecule has 2 aromatic rings. The van der Waals surface area contributed by atoms with Crippen molar-refractivity contribution in [3.63, 3.8) is 0 Å². The normalized spacial score (nSPS) is 20.2. The minimum absolute atomic E-state index is 0.00280. The topological polar surface area (TPSA) is 96.4 Å². The largest absolute Gasteiger partial charge is 0.495 e. The van der Waals surface area contributed by atoms with Gasteiger partial charge in [-0.1, -0.05) is 30.9 Å². The van der Waals surface area contributed by atoms with Crippen molar-refractivity contribution in [2.75, 3.05) is 33.9 Å². The molecule has 3 atom stereocenters. The van der Waals surface area contributed by atoms with Gasteiger partial charge in [0.15, 0.2) is 0 Å². The molecule has 0 spiro atoms. The molecule has 0 saturated carbocycles. The first-order valence-electron chi connectivity index (χ1n) is 11.4. The van der Waals surface area contributed by atoms with E-state index < -0.39 is 22.2 Å². The molecule has 0 bridgehead atoms. The van der Waals surface area contributed by atoms with Crippen molar-refractivity contribution in [1.82, 2.24) is 9.21 Å². The number of rotatable bonds is 5. The molecule has 1 heterocycles. The van der Waals surface area contributed by atoms with Crippen LogP contribution < -0.4 is 9.47 Å². The zero-order valence-corrected chi connectivity index (χ0v) is 21.5. The number of likely N-dealkylation sites (N-methyl/N-ethyl adjacent to an activating group) is 1. The second-order valence-corrected chi connectivity index (χ2v) is 10.6. The number of aliphatic hydroxyl groups excluding tert-OH is 1. The van der Waals surface area contributed by atoms with Gasteiger partial charge in [0.1, 0.15) is 22.5 Å². The zero-order valence-electron chi connectivity index (χ0n) is 20.7. The molecule has 3 rings (SSSR count). The summed E-state index contributed by atoms with van der Waals surface area (Å²) < 4.78 is 40.0. The van der Waals surface area contributed by atoms with Crippen molar-refractivity contribution >= 4 is 15.9 Å². The second-order valence-electron chi connectivity index (χ2n) is 8.75. The molecule has 0 aliphatic carbocycles. The van der Waals surface area contributed by atoms with Gasteiger partial charge in [0.2, 0.25) is 15.9 Å². The third kappa shape index (κ3) is 5.96. The summed E-state index contributed by atoms with van der Waals surface area (Å²) in [6.45, 7) is 5.13. The molecule has 188 valence electrons. The fraction of sp³-hybridized carbons (Fsp3) is 0.423. The Morgan fingerprint density at radius 3 is 2.66 bits per heavy atom. The van der Waals surface area contributed by atoms with E-state index in [1.807, 2.05) is 31.2 Å². The molecule has 0 fully saturated rings. The number of hydrogen-bond acceptors (Lipinski definition) is 6. The molecule has 0 saturated heterocycles. The van der Waals surface area contributed by atoms with Crippen LogP contribution >= 0.6 is 0 Å². The van der Waals surface area contributed by atoms with Crippen molar-refractivity contribution < 1.29 is 27.8 Å². The molecule has 2 aromatic carbocycles. The van der Waals surface area contributed by atoms with Crippen LogP contribution in [0.3, 0.4) is 0 Å². The quantitative estimate of drug-likeness (QED) is 0.633. The highest BCUT2D eigenvalue weighted by atomic mass is 32.2. The fourth-order valence-corrected chi connectivity index (χ4v) is 5.63. The van der Waals surface area contributed by atoms with Crippen LogP contribution in [0.5, 0.6) is 11.5 Å². The Hall–Kier alpha value is -3.06. The Morgan fingerprint density at radius 1 is 1.29 bits per heavy atom. The van der Waals surface area contributed by atoms with E-state index in [0.717, 1.165) is 0 Å². The Kier molecular flexibility index (Phi) is 8.43. The number of benzene rings is 2. The van der Waals surface area contributed by atoms with Crippen LogP contribution in [0.2, 0.25) is 0 Å². The van der Waals surface area contributed by atoms with Gasteiger partial charge >= 0.3 is 0 Å². The van der Waals surface area contributed by atoms with Crippen LogP contribution in [-0.4, -0.2) is 74.6 Å². The highest BCUT2D eigenvalue weighted by Gasteiger charge is 2.38. The lowest BCUT2D eigenvalue weighted by atomic mass is 10.0. The van der Waals surface area contributed by atoms with E-state index in [2.05, 4.69) is 11.8 Å². The average Bonchev–Trinajstić information content (AvgIpc) is 2.84. The Balaban J connectivity index is 2.09. The first-order chi connectivity index (χ1) is 16.6. The summed E-state index contributed by atoms with van der Waals surface area (Å²) in [5.41, 5.74) is 1.27. The lowest BCUT2D eigenvalue weighted by Gasteiger charge is -2.37. The first kappa shape index (κ1) is 26.5. The number of carbonyl (C=O) groups is 1. The number of ether oxygens (including phenoxy) is 2. The van der Waals surface area contributed by atoms with Crippen LogP contribution in [-0.2, 0) is 14.8 Å². The van der Waals surface area contributed by atoms with Crippen molar-refractivity contribution in [2.24, 2.45) is 5.92 Å². The van der Waals surface area contributed by atoms with Crippen LogP contribution in [0.25, 0.3) is 0 Å². The van der Waals surface area contributed by atoms with Crippen LogP contribution in [0.15, 0.2) is 47.4 Å². The third-order valence-electron chi connectivity index (χ3n) is 6.11. The predicted molar refractivity (Wildman–Crippen MR) is 133 cm³/mol. The molecule has 8 nitrogen and oxygen atoms in total. The Morgan fingerprint density at radius 2 is 2.00 bits per heavy atom. The van der Waals surface area contributed by atoms with Crippen molar-refractivity contribution in [3.8, 4) is 23.3 Å². The Bertz CT molecular complexity index is 1230. The molecule has 1 aliphatic heterocycles. The van der Waals surface area contributed by atoms with Gasteiger partial charge in [-0.15, -0.1) is 0 Å². The molecule has 0 unspecified atom stereocenters. The molecule has 9 heteroatoms. The standard InChI is InChI=1S/C26H32N2O6S/c1-18-15-28(19(2)17-29)35(31,32)26-13-11-21(10-12-22-8-6-7-9-23(22)33-5)14-24(26)34-25(18)16-27(4)20(3)30/h6-9,11,13-14,18-19,25,29H,15-17H2,1-5H3/t18-,19+,25+/m1/s1. The van der Waals surface area contributed by atoms with E-state index in [9.17, 15) is 18.3 Å². The van der Waals surface area contributed by atoms with Gasteiger partial charge in [0.25, 0.3) is 0 Å². The van der Waals surface area contributed by atoms with E-state index >= 15 is 0 Å². The maximum absolute atomic E-state index is 13.6. The number of aliphatic hydroxyl groups is 1. The SMILES string of the molecule is COc1ccccc1C#Cc1ccc2c(c1)O[C@@H](CN(C)C(C)=O)[C@H](C)CN([C@@H](C)CO)S2(=O)=O. The summed E-state index contributed by atoms with van der Waals surface area (Å²) in [6.07, 6.45) is -0.469. The number of hydrogen-bond donors (Lipinski definition) is 1. The van der Waals surface area contributed by atoms with Crippen LogP contribution in [0.1, 0.15) is 31.9 Å². The number of methoxy groups -OCH3 is 1. The van der Waals surface area contributed by atoms with Gasteiger partial charge in [0.05, 0.1) is 25.8 Å². The minimum atomic E-state index is -3.95. The maximum Gasteiger partial charge on any atom is 0.247 e. The molecule has 0 radical (unpaired) electrons. The zero-order chi connectivity index (χ0) is 25.8. The summed E-state index contributed by atoms with van der Waals surface area (Å²) in [7, 11) is -0.699. The lowest BCUT2D eigenvalue weighted by molar-refractivity contribution is -0.129. The molecule has 35 heavy (non-hydrogen) atoms. The minimum Gasteiger partial charge on any atom is -0.495 e. The second kappa shape index (κ2) is 11.1. The smallest absolute Gasteiger partial charge is 0.247 e. The van der Waals surface area contributed by atoms with Crippen molar-refractivity contribution in [2.45, 2.75) is 37.8 Å². The van der Waals surface area contributed by atoms with Gasteiger partial charge in [-0.2, -0.15) is 4.31 Å². The van der Waals surface area contributed by atoms with Gasteiger partial charge in [-0.25, -0.2) is 8.42 Å². The van der Waals surface area contributed by atoms with Crippen molar-refractivity contribution in [3.05, 3.63) is 53.6 Å². The third-order valence-corrected chi connectivity index (χ3v) is 8.13. The number of sulfonamides is 1. The highest BCUT2D eigenvalue weighted by Crippen LogP contribution is 2.34. The molecule has 1 amide bonds. The van der Waals surface area contributed by atoms with E-state index in [4.69, 9.17) is 9.47 Å². The summed E-state index contributed by atoms with van der Waals surface area (Å²) in [5.74, 6) is 6.55. The van der Waals surface area contributed by atoms with E-state index in [1.54, 1.807) is 38.1 Å². The van der Waals surface area contributed by atoms with Gasteiger partial charge < -0.3 is 19.5 Å². The molecule has 0 aromatic heterocycles. The van der Waals surface area contributed by atoms with Crippen LogP contribution in [0, 0.1) is 17.8 Å². The maximum atomic E-state index is 13.6. The summed E-state index contributed by atoms with van der Waals surface area (Å²) in [6, 6.07) is 11.5. The highest BCUT2D eigenvalue weighted by molar-refractivity contribution is 7.89.